The fourth-order valence-electron chi connectivity index (χ4n) is 3.82. The Morgan fingerprint density at radius 3 is 2.05 bits per heavy atom. The highest BCUT2D eigenvalue weighted by Gasteiger charge is 2.32. The van der Waals surface area contributed by atoms with E-state index < -0.39 is 28.5 Å². The van der Waals surface area contributed by atoms with Crippen LogP contribution in [0.4, 0.5) is 5.69 Å². The van der Waals surface area contributed by atoms with E-state index >= 15 is 0 Å². The molecule has 0 saturated carbocycles. The molecule has 0 bridgehead atoms. The van der Waals surface area contributed by atoms with E-state index in [2.05, 4.69) is 5.32 Å². The van der Waals surface area contributed by atoms with Crippen molar-refractivity contribution in [2.24, 2.45) is 0 Å². The first kappa shape index (κ1) is 29.5. The van der Waals surface area contributed by atoms with E-state index in [-0.39, 0.29) is 17.3 Å². The van der Waals surface area contributed by atoms with Gasteiger partial charge in [-0.25, -0.2) is 8.42 Å². The zero-order chi connectivity index (χ0) is 28.0. The Bertz CT molecular complexity index is 1390. The first-order chi connectivity index (χ1) is 17.9. The summed E-state index contributed by atoms with van der Waals surface area (Å²) in [5.74, 6) is -0.930. The van der Waals surface area contributed by atoms with Crippen molar-refractivity contribution in [1.82, 2.24) is 10.2 Å². The van der Waals surface area contributed by atoms with Gasteiger partial charge in [0.1, 0.15) is 12.6 Å². The number of hydrogen-bond donors (Lipinski definition) is 1. The van der Waals surface area contributed by atoms with Crippen molar-refractivity contribution < 1.29 is 18.0 Å². The molecule has 0 radical (unpaired) electrons. The van der Waals surface area contributed by atoms with Gasteiger partial charge in [-0.2, -0.15) is 0 Å². The van der Waals surface area contributed by atoms with Gasteiger partial charge in [0.2, 0.25) is 11.8 Å². The minimum atomic E-state index is -4.11. The monoisotopic (exact) mass is 575 g/mol. The van der Waals surface area contributed by atoms with Gasteiger partial charge < -0.3 is 10.2 Å². The molecule has 0 fully saturated rings. The third-order valence-electron chi connectivity index (χ3n) is 6.08. The zero-order valence-corrected chi connectivity index (χ0v) is 24.1. The van der Waals surface area contributed by atoms with Crippen molar-refractivity contribution in [1.29, 1.82) is 0 Å². The maximum Gasteiger partial charge on any atom is 0.264 e. The third kappa shape index (κ3) is 7.07. The molecule has 1 N–H and O–H groups in total. The lowest BCUT2D eigenvalue weighted by molar-refractivity contribution is -0.139. The van der Waals surface area contributed by atoms with Crippen LogP contribution in [0.2, 0.25) is 10.0 Å². The lowest BCUT2D eigenvalue weighted by Crippen LogP contribution is -2.51. The highest BCUT2D eigenvalue weighted by molar-refractivity contribution is 7.92. The van der Waals surface area contributed by atoms with Gasteiger partial charge in [-0.1, -0.05) is 64.7 Å². The van der Waals surface area contributed by atoms with Crippen LogP contribution in [-0.2, 0) is 26.2 Å². The van der Waals surface area contributed by atoms with Crippen LogP contribution in [0, 0.1) is 13.8 Å². The SMILES string of the molecule is CCNC(=O)[C@@H](C)N(Cc1ccc(Cl)cc1Cl)C(=O)CN(c1ccc(C)cc1)S(=O)(=O)c1ccc(C)cc1. The molecular weight excluding hydrogens is 545 g/mol. The molecule has 0 saturated heterocycles. The van der Waals surface area contributed by atoms with Crippen LogP contribution in [-0.4, -0.2) is 44.3 Å². The minimum absolute atomic E-state index is 0.0144. The average molecular weight is 577 g/mol. The smallest absolute Gasteiger partial charge is 0.264 e. The molecule has 7 nitrogen and oxygen atoms in total. The highest BCUT2D eigenvalue weighted by atomic mass is 35.5. The number of nitrogens with one attached hydrogen (secondary N) is 1. The number of likely N-dealkylation sites (N-methyl/N-ethyl adjacent to an activating group) is 1. The van der Waals surface area contributed by atoms with Crippen LogP contribution in [0.5, 0.6) is 0 Å². The van der Waals surface area contributed by atoms with E-state index in [0.29, 0.717) is 27.8 Å². The van der Waals surface area contributed by atoms with Crippen molar-refractivity contribution >= 4 is 50.7 Å². The second-order valence-electron chi connectivity index (χ2n) is 8.99. The standard InChI is InChI=1S/C28H31Cl2N3O4S/c1-5-31-28(35)21(4)32(17-22-10-11-23(29)16-26(22)30)27(34)18-33(24-12-6-19(2)7-13-24)38(36,37)25-14-8-20(3)9-15-25/h6-16,21H,5,17-18H2,1-4H3,(H,31,35)/t21-/m1/s1. The number of carbonyl (C=O) groups is 2. The number of sulfonamides is 1. The van der Waals surface area contributed by atoms with Crippen molar-refractivity contribution in [2.75, 3.05) is 17.4 Å². The molecule has 0 spiro atoms. The molecule has 0 aliphatic heterocycles. The van der Waals surface area contributed by atoms with Crippen LogP contribution in [0.3, 0.4) is 0 Å². The van der Waals surface area contributed by atoms with Gasteiger partial charge in [0.05, 0.1) is 10.6 Å². The summed E-state index contributed by atoms with van der Waals surface area (Å²) in [6.07, 6.45) is 0. The van der Waals surface area contributed by atoms with E-state index in [4.69, 9.17) is 23.2 Å². The molecule has 0 aromatic heterocycles. The van der Waals surface area contributed by atoms with E-state index in [1.807, 2.05) is 13.8 Å². The second-order valence-corrected chi connectivity index (χ2v) is 11.7. The van der Waals surface area contributed by atoms with E-state index in [1.54, 1.807) is 68.4 Å². The summed E-state index contributed by atoms with van der Waals surface area (Å²) in [6.45, 7) is 6.97. The third-order valence-corrected chi connectivity index (χ3v) is 8.46. The van der Waals surface area contributed by atoms with Gasteiger partial charge in [-0.3, -0.25) is 13.9 Å². The molecule has 2 amide bonds. The molecule has 3 aromatic rings. The number of hydrogen-bond acceptors (Lipinski definition) is 4. The van der Waals surface area contributed by atoms with Crippen LogP contribution in [0.15, 0.2) is 71.6 Å². The van der Waals surface area contributed by atoms with E-state index in [1.165, 1.54) is 17.0 Å². The minimum Gasteiger partial charge on any atom is -0.355 e. The number of rotatable bonds is 10. The summed E-state index contributed by atoms with van der Waals surface area (Å²) in [7, 11) is -4.11. The molecule has 38 heavy (non-hydrogen) atoms. The maximum atomic E-state index is 13.8. The molecule has 0 aliphatic carbocycles. The van der Waals surface area contributed by atoms with Crippen molar-refractivity contribution in [3.05, 3.63) is 93.5 Å². The molecule has 3 rings (SSSR count). The Hall–Kier alpha value is -3.07. The zero-order valence-electron chi connectivity index (χ0n) is 21.7. The molecule has 202 valence electrons. The summed E-state index contributed by atoms with van der Waals surface area (Å²) in [5, 5.41) is 3.49. The molecule has 10 heteroatoms. The Kier molecular flexibility index (Phi) is 9.82. The summed E-state index contributed by atoms with van der Waals surface area (Å²) >= 11 is 12.4. The largest absolute Gasteiger partial charge is 0.355 e. The highest BCUT2D eigenvalue weighted by Crippen LogP contribution is 2.27. The van der Waals surface area contributed by atoms with Gasteiger partial charge in [-0.05, 0) is 69.7 Å². The van der Waals surface area contributed by atoms with Crippen LogP contribution >= 0.6 is 23.2 Å². The van der Waals surface area contributed by atoms with Gasteiger partial charge in [0, 0.05) is 23.1 Å². The fourth-order valence-corrected chi connectivity index (χ4v) is 5.70. The summed E-state index contributed by atoms with van der Waals surface area (Å²) in [5.41, 5.74) is 2.75. The van der Waals surface area contributed by atoms with Crippen LogP contribution < -0.4 is 9.62 Å². The first-order valence-electron chi connectivity index (χ1n) is 12.1. The number of halogens is 2. The summed E-state index contributed by atoms with van der Waals surface area (Å²) < 4.78 is 28.6. The quantitative estimate of drug-likeness (QED) is 0.352. The molecule has 0 heterocycles. The number of carbonyl (C=O) groups excluding carboxylic acids is 2. The first-order valence-corrected chi connectivity index (χ1v) is 14.3. The van der Waals surface area contributed by atoms with Crippen LogP contribution in [0.25, 0.3) is 0 Å². The van der Waals surface area contributed by atoms with Crippen molar-refractivity contribution in [3.63, 3.8) is 0 Å². The Morgan fingerprint density at radius 2 is 1.50 bits per heavy atom. The predicted molar refractivity (Wildman–Crippen MR) is 152 cm³/mol. The Labute approximate surface area is 234 Å². The molecule has 1 atom stereocenters. The van der Waals surface area contributed by atoms with E-state index in [0.717, 1.165) is 15.4 Å². The topological polar surface area (TPSA) is 86.8 Å². The molecule has 3 aromatic carbocycles. The summed E-state index contributed by atoms with van der Waals surface area (Å²) in [4.78, 5) is 28.0. The summed E-state index contributed by atoms with van der Waals surface area (Å²) in [6, 6.07) is 17.3. The van der Waals surface area contributed by atoms with E-state index in [9.17, 15) is 18.0 Å². The Balaban J connectivity index is 2.04. The molecule has 0 unspecified atom stereocenters. The average Bonchev–Trinajstić information content (AvgIpc) is 2.87. The lowest BCUT2D eigenvalue weighted by atomic mass is 10.1. The van der Waals surface area contributed by atoms with Gasteiger partial charge in [-0.15, -0.1) is 0 Å². The van der Waals surface area contributed by atoms with Crippen molar-refractivity contribution in [2.45, 2.75) is 45.2 Å². The second kappa shape index (κ2) is 12.7. The lowest BCUT2D eigenvalue weighted by Gasteiger charge is -2.32. The number of anilines is 1. The predicted octanol–water partition coefficient (Wildman–Crippen LogP) is 5.36. The fraction of sp³-hybridized carbons (Fsp3) is 0.286. The number of aryl methyl sites for hydroxylation is 2. The normalized spacial score (nSPS) is 12.1. The number of amides is 2. The number of benzene rings is 3. The number of nitrogens with zero attached hydrogens (tertiary/aromatic N) is 2. The molecule has 0 aliphatic rings. The van der Waals surface area contributed by atoms with Crippen LogP contribution in [0.1, 0.15) is 30.5 Å². The Morgan fingerprint density at radius 1 is 0.921 bits per heavy atom. The van der Waals surface area contributed by atoms with Gasteiger partial charge in [0.25, 0.3) is 10.0 Å². The van der Waals surface area contributed by atoms with Crippen molar-refractivity contribution in [3.8, 4) is 0 Å². The maximum absolute atomic E-state index is 13.8. The van der Waals surface area contributed by atoms with Gasteiger partial charge >= 0.3 is 0 Å². The van der Waals surface area contributed by atoms with Gasteiger partial charge in [0.15, 0.2) is 0 Å². The molecular formula is C28H31Cl2N3O4S.